The molecule has 1 saturated heterocycles. The molecule has 21 heavy (non-hydrogen) atoms. The minimum atomic E-state index is 0.297. The second-order valence-corrected chi connectivity index (χ2v) is 5.82. The molecule has 0 radical (unpaired) electrons. The Morgan fingerprint density at radius 1 is 1.10 bits per heavy atom. The van der Waals surface area contributed by atoms with E-state index in [0.29, 0.717) is 17.9 Å². The molecule has 0 amide bonds. The third-order valence-corrected chi connectivity index (χ3v) is 4.60. The summed E-state index contributed by atoms with van der Waals surface area (Å²) in [7, 11) is 0. The molecule has 1 aliphatic carbocycles. The van der Waals surface area contributed by atoms with E-state index in [-0.39, 0.29) is 0 Å². The van der Waals surface area contributed by atoms with E-state index in [9.17, 15) is 0 Å². The molecule has 2 aromatic rings. The first-order valence-corrected chi connectivity index (χ1v) is 7.48. The molecule has 2 aromatic heterocycles. The highest BCUT2D eigenvalue weighted by Crippen LogP contribution is 2.41. The maximum atomic E-state index is 6.15. The molecule has 3 heterocycles. The molecule has 4 rings (SSSR count). The van der Waals surface area contributed by atoms with E-state index in [1.807, 2.05) is 18.2 Å². The molecule has 5 nitrogen and oxygen atoms in total. The summed E-state index contributed by atoms with van der Waals surface area (Å²) in [6.45, 7) is 2.10. The van der Waals surface area contributed by atoms with Crippen LogP contribution in [0.3, 0.4) is 0 Å². The minimum absolute atomic E-state index is 0.297. The molecule has 0 bridgehead atoms. The molecule has 1 aliphatic heterocycles. The molecule has 0 aromatic carbocycles. The van der Waals surface area contributed by atoms with Crippen molar-refractivity contribution in [3.8, 4) is 5.75 Å². The Hall–Kier alpha value is -2.17. The van der Waals surface area contributed by atoms with Crippen LogP contribution in [0.5, 0.6) is 5.75 Å². The van der Waals surface area contributed by atoms with Gasteiger partial charge < -0.3 is 9.64 Å². The first-order chi connectivity index (χ1) is 10.4. The fourth-order valence-corrected chi connectivity index (χ4v) is 3.61. The van der Waals surface area contributed by atoms with Crippen LogP contribution >= 0.6 is 0 Å². The first-order valence-electron chi connectivity index (χ1n) is 7.48. The zero-order valence-corrected chi connectivity index (χ0v) is 11.8. The Bertz CT molecular complexity index is 592. The van der Waals surface area contributed by atoms with Crippen LogP contribution in [0.1, 0.15) is 12.8 Å². The summed E-state index contributed by atoms with van der Waals surface area (Å²) in [5, 5.41) is 0. The summed E-state index contributed by atoms with van der Waals surface area (Å²) in [6.07, 6.45) is 9.67. The molecule has 1 saturated carbocycles. The van der Waals surface area contributed by atoms with Crippen molar-refractivity contribution in [2.45, 2.75) is 18.9 Å². The Morgan fingerprint density at radius 3 is 2.90 bits per heavy atom. The maximum absolute atomic E-state index is 6.15. The molecule has 2 fully saturated rings. The summed E-state index contributed by atoms with van der Waals surface area (Å²) < 4.78 is 6.15. The molecule has 0 unspecified atom stereocenters. The first kappa shape index (κ1) is 12.6. The largest absolute Gasteiger partial charge is 0.488 e. The summed E-state index contributed by atoms with van der Waals surface area (Å²) >= 11 is 0. The molecule has 5 heteroatoms. The van der Waals surface area contributed by atoms with Gasteiger partial charge in [-0.25, -0.2) is 9.97 Å². The second-order valence-electron chi connectivity index (χ2n) is 5.82. The Labute approximate surface area is 124 Å². The van der Waals surface area contributed by atoms with Gasteiger partial charge in [-0.3, -0.25) is 4.98 Å². The van der Waals surface area contributed by atoms with Crippen LogP contribution in [0.2, 0.25) is 0 Å². The summed E-state index contributed by atoms with van der Waals surface area (Å²) in [6, 6.07) is 5.89. The van der Waals surface area contributed by atoms with Crippen LogP contribution in [0.4, 0.5) is 5.82 Å². The van der Waals surface area contributed by atoms with Crippen molar-refractivity contribution < 1.29 is 4.74 Å². The van der Waals surface area contributed by atoms with Crippen LogP contribution in [-0.4, -0.2) is 34.1 Å². The van der Waals surface area contributed by atoms with Crippen molar-refractivity contribution in [2.24, 2.45) is 11.8 Å². The van der Waals surface area contributed by atoms with Gasteiger partial charge in [-0.2, -0.15) is 0 Å². The minimum Gasteiger partial charge on any atom is -0.488 e. The number of anilines is 1. The van der Waals surface area contributed by atoms with Crippen LogP contribution in [0.25, 0.3) is 0 Å². The summed E-state index contributed by atoms with van der Waals surface area (Å²) in [5.41, 5.74) is 0. The number of hydrogen-bond acceptors (Lipinski definition) is 5. The lowest BCUT2D eigenvalue weighted by atomic mass is 9.99. The third kappa shape index (κ3) is 2.44. The Morgan fingerprint density at radius 2 is 2.10 bits per heavy atom. The van der Waals surface area contributed by atoms with Gasteiger partial charge in [0.1, 0.15) is 24.0 Å². The van der Waals surface area contributed by atoms with Crippen molar-refractivity contribution in [3.63, 3.8) is 0 Å². The van der Waals surface area contributed by atoms with Crippen LogP contribution in [-0.2, 0) is 0 Å². The molecule has 0 spiro atoms. The predicted octanol–water partition coefficient (Wildman–Crippen LogP) is 2.17. The number of nitrogens with zero attached hydrogens (tertiary/aromatic N) is 4. The number of fused-ring (bicyclic) bond motifs is 1. The van der Waals surface area contributed by atoms with E-state index in [1.54, 1.807) is 24.9 Å². The zero-order valence-electron chi connectivity index (χ0n) is 11.8. The van der Waals surface area contributed by atoms with E-state index >= 15 is 0 Å². The molecule has 0 N–H and O–H groups in total. The Balaban J connectivity index is 1.46. The van der Waals surface area contributed by atoms with Crippen molar-refractivity contribution in [3.05, 3.63) is 43.1 Å². The van der Waals surface area contributed by atoms with E-state index in [4.69, 9.17) is 4.74 Å². The maximum Gasteiger partial charge on any atom is 0.138 e. The molecular formula is C16H18N4O. The second kappa shape index (κ2) is 5.31. The number of pyridine rings is 1. The highest BCUT2D eigenvalue weighted by atomic mass is 16.5. The fourth-order valence-electron chi connectivity index (χ4n) is 3.61. The molecule has 3 atom stereocenters. The number of ether oxygens (including phenoxy) is 1. The Kier molecular flexibility index (Phi) is 3.18. The quantitative estimate of drug-likeness (QED) is 0.863. The van der Waals surface area contributed by atoms with E-state index in [0.717, 1.165) is 31.1 Å². The predicted molar refractivity (Wildman–Crippen MR) is 79.1 cm³/mol. The van der Waals surface area contributed by atoms with Gasteiger partial charge in [-0.05, 0) is 37.0 Å². The molecule has 108 valence electrons. The smallest absolute Gasteiger partial charge is 0.138 e. The van der Waals surface area contributed by atoms with Crippen molar-refractivity contribution in [1.29, 1.82) is 0 Å². The van der Waals surface area contributed by atoms with Gasteiger partial charge in [0.2, 0.25) is 0 Å². The van der Waals surface area contributed by atoms with Gasteiger partial charge in [0, 0.05) is 31.4 Å². The van der Waals surface area contributed by atoms with Gasteiger partial charge in [0.05, 0.1) is 6.20 Å². The summed E-state index contributed by atoms with van der Waals surface area (Å²) in [5.74, 6) is 3.20. The number of rotatable bonds is 3. The lowest BCUT2D eigenvalue weighted by molar-refractivity contribution is 0.158. The van der Waals surface area contributed by atoms with Crippen LogP contribution in [0, 0.1) is 11.8 Å². The lowest BCUT2D eigenvalue weighted by Crippen LogP contribution is -2.28. The highest BCUT2D eigenvalue weighted by Gasteiger charge is 2.44. The van der Waals surface area contributed by atoms with Crippen molar-refractivity contribution in [1.82, 2.24) is 15.0 Å². The standard InChI is InChI=1S/C16H18N4O/c1-2-13(8-17-6-1)21-15-4-3-12-9-20(10-14(12)15)16-5-7-18-11-19-16/h1-2,5-8,11-12,14-15H,3-4,9-10H2/t12-,14+,15-/m1/s1. The average molecular weight is 282 g/mol. The number of aromatic nitrogens is 3. The van der Waals surface area contributed by atoms with Gasteiger partial charge in [-0.15, -0.1) is 0 Å². The van der Waals surface area contributed by atoms with Gasteiger partial charge in [-0.1, -0.05) is 0 Å². The zero-order chi connectivity index (χ0) is 14.1. The highest BCUT2D eigenvalue weighted by molar-refractivity contribution is 5.39. The van der Waals surface area contributed by atoms with Crippen molar-refractivity contribution in [2.75, 3.05) is 18.0 Å². The molecular weight excluding hydrogens is 264 g/mol. The van der Waals surface area contributed by atoms with Gasteiger partial charge >= 0.3 is 0 Å². The van der Waals surface area contributed by atoms with Crippen LogP contribution < -0.4 is 9.64 Å². The normalized spacial score (nSPS) is 27.6. The number of hydrogen-bond donors (Lipinski definition) is 0. The topological polar surface area (TPSA) is 51.1 Å². The van der Waals surface area contributed by atoms with E-state index in [2.05, 4.69) is 19.9 Å². The molecule has 2 aliphatic rings. The van der Waals surface area contributed by atoms with Gasteiger partial charge in [0.15, 0.2) is 0 Å². The van der Waals surface area contributed by atoms with Crippen molar-refractivity contribution >= 4 is 5.82 Å². The fraction of sp³-hybridized carbons (Fsp3) is 0.438. The average Bonchev–Trinajstić information content (AvgIpc) is 3.11. The monoisotopic (exact) mass is 282 g/mol. The summed E-state index contributed by atoms with van der Waals surface area (Å²) in [4.78, 5) is 14.8. The van der Waals surface area contributed by atoms with E-state index in [1.165, 1.54) is 6.42 Å². The van der Waals surface area contributed by atoms with Gasteiger partial charge in [0.25, 0.3) is 0 Å². The SMILES string of the molecule is c1cncc(O[C@@H]2CC[C@@H]3CN(c4ccncn4)C[C@@H]32)c1. The lowest BCUT2D eigenvalue weighted by Gasteiger charge is -2.22. The van der Waals surface area contributed by atoms with E-state index < -0.39 is 0 Å². The van der Waals surface area contributed by atoms with Crippen LogP contribution in [0.15, 0.2) is 43.1 Å². The third-order valence-electron chi connectivity index (χ3n) is 4.60.